The van der Waals surface area contributed by atoms with Gasteiger partial charge in [-0.05, 0) is 59.9 Å². The third-order valence-electron chi connectivity index (χ3n) is 7.85. The van der Waals surface area contributed by atoms with E-state index in [0.717, 1.165) is 57.6 Å². The first-order valence-corrected chi connectivity index (χ1v) is 15.8. The maximum atomic E-state index is 14.2. The van der Waals surface area contributed by atoms with Crippen molar-refractivity contribution in [1.82, 2.24) is 20.1 Å². The topological polar surface area (TPSA) is 111 Å². The summed E-state index contributed by atoms with van der Waals surface area (Å²) >= 11 is 0. The molecule has 0 fully saturated rings. The summed E-state index contributed by atoms with van der Waals surface area (Å²) in [5.41, 5.74) is 7.06. The molecule has 44 heavy (non-hydrogen) atoms. The lowest BCUT2D eigenvalue weighted by Gasteiger charge is -2.34. The van der Waals surface area contributed by atoms with Gasteiger partial charge in [-0.2, -0.15) is 0 Å². The zero-order valence-electron chi connectivity index (χ0n) is 24.1. The van der Waals surface area contributed by atoms with E-state index in [4.69, 9.17) is 0 Å². The number of para-hydroxylation sites is 1. The number of nitrogens with one attached hydrogen (secondary N) is 3. The monoisotopic (exact) mass is 610 g/mol. The van der Waals surface area contributed by atoms with Crippen LogP contribution in [0.15, 0.2) is 108 Å². The van der Waals surface area contributed by atoms with Crippen LogP contribution >= 0.6 is 0 Å². The highest BCUT2D eigenvalue weighted by Crippen LogP contribution is 2.46. The number of carbonyl (C=O) groups is 2. The van der Waals surface area contributed by atoms with Crippen molar-refractivity contribution in [3.63, 3.8) is 0 Å². The van der Waals surface area contributed by atoms with Gasteiger partial charge in [-0.1, -0.05) is 80.6 Å². The zero-order valence-corrected chi connectivity index (χ0v) is 24.9. The van der Waals surface area contributed by atoms with E-state index in [2.05, 4.69) is 15.2 Å². The van der Waals surface area contributed by atoms with Gasteiger partial charge in [0.1, 0.15) is 11.9 Å². The largest absolute Gasteiger partial charge is 0.354 e. The maximum Gasteiger partial charge on any atom is 0.257 e. The second-order valence-electron chi connectivity index (χ2n) is 11.2. The van der Waals surface area contributed by atoms with Crippen molar-refractivity contribution in [3.05, 3.63) is 126 Å². The number of amides is 2. The molecule has 4 aromatic carbocycles. The molecule has 1 aliphatic heterocycles. The van der Waals surface area contributed by atoms with Crippen molar-refractivity contribution in [2.45, 2.75) is 37.2 Å². The second-order valence-corrected chi connectivity index (χ2v) is 12.9. The average molecular weight is 611 g/mol. The Kier molecular flexibility index (Phi) is 7.79. The highest BCUT2D eigenvalue weighted by molar-refractivity contribution is 7.89. The van der Waals surface area contributed by atoms with E-state index in [-0.39, 0.29) is 23.1 Å². The van der Waals surface area contributed by atoms with Crippen molar-refractivity contribution in [3.8, 4) is 11.3 Å². The molecule has 2 atom stereocenters. The molecule has 5 aromatic rings. The Morgan fingerprint density at radius 3 is 2.30 bits per heavy atom. The molecule has 0 aliphatic carbocycles. The van der Waals surface area contributed by atoms with Crippen LogP contribution in [0.5, 0.6) is 0 Å². The number of benzene rings is 4. The molecule has 0 spiro atoms. The highest BCUT2D eigenvalue weighted by atomic mass is 32.2. The number of sulfonamides is 1. The predicted octanol–water partition coefficient (Wildman–Crippen LogP) is 5.94. The van der Waals surface area contributed by atoms with Crippen LogP contribution in [0.4, 0.5) is 4.39 Å². The Hall–Kier alpha value is -4.80. The molecule has 2 unspecified atom stereocenters. The Bertz CT molecular complexity index is 1960. The van der Waals surface area contributed by atoms with Gasteiger partial charge in [0.05, 0.1) is 16.6 Å². The van der Waals surface area contributed by atoms with E-state index < -0.39 is 33.8 Å². The van der Waals surface area contributed by atoms with Crippen LogP contribution in [0.25, 0.3) is 22.2 Å². The smallest absolute Gasteiger partial charge is 0.257 e. The zero-order chi connectivity index (χ0) is 31.0. The van der Waals surface area contributed by atoms with Gasteiger partial charge in [0, 0.05) is 22.0 Å². The Morgan fingerprint density at radius 1 is 0.909 bits per heavy atom. The first-order valence-electron chi connectivity index (χ1n) is 14.3. The molecule has 2 heterocycles. The fraction of sp³-hybridized carbons (Fsp3) is 0.176. The summed E-state index contributed by atoms with van der Waals surface area (Å²) in [6, 6.07) is 27.5. The van der Waals surface area contributed by atoms with Crippen molar-refractivity contribution in [2.24, 2.45) is 5.92 Å². The Balaban J connectivity index is 1.46. The fourth-order valence-electron chi connectivity index (χ4n) is 5.90. The van der Waals surface area contributed by atoms with Gasteiger partial charge < -0.3 is 9.88 Å². The summed E-state index contributed by atoms with van der Waals surface area (Å²) in [7, 11) is -4.21. The molecular weight excluding hydrogens is 579 g/mol. The molecule has 3 N–H and O–H groups in total. The normalized spacial score (nSPS) is 15.5. The number of hydrogen-bond donors (Lipinski definition) is 3. The molecule has 8 nitrogen and oxygen atoms in total. The second kappa shape index (κ2) is 11.7. The minimum Gasteiger partial charge on any atom is -0.354 e. The molecular formula is C34H31FN4O4S. The van der Waals surface area contributed by atoms with Crippen LogP contribution < -0.4 is 10.3 Å². The average Bonchev–Trinajstić information content (AvgIpc) is 3.54. The minimum absolute atomic E-state index is 0.0202. The van der Waals surface area contributed by atoms with E-state index in [9.17, 15) is 22.4 Å². The number of hydrazine groups is 1. The van der Waals surface area contributed by atoms with Crippen molar-refractivity contribution >= 4 is 32.7 Å². The first-order chi connectivity index (χ1) is 21.2. The van der Waals surface area contributed by atoms with E-state index in [1.54, 1.807) is 17.0 Å². The van der Waals surface area contributed by atoms with Crippen LogP contribution in [0, 0.1) is 11.7 Å². The standard InChI is InChI=1S/C34H31FN4O4S/c1-21(2)20-29(33(40)37-38-44(42,43)24-18-16-23(35)17-19-24)39-32(25-12-6-7-13-26(25)34(39)41)30-27-14-8-9-15-28(27)36-31(30)22-10-4-3-5-11-22/h3-19,21,29,32,36,38H,20H2,1-2H3,(H,37,40). The van der Waals surface area contributed by atoms with Crippen molar-refractivity contribution < 1.29 is 22.4 Å². The predicted molar refractivity (Wildman–Crippen MR) is 166 cm³/mol. The number of carbonyl (C=O) groups excluding carboxylic acids is 2. The lowest BCUT2D eigenvalue weighted by Crippen LogP contribution is -2.53. The summed E-state index contributed by atoms with van der Waals surface area (Å²) in [5, 5.41) is 0.909. The number of rotatable bonds is 9. The number of halogens is 1. The van der Waals surface area contributed by atoms with E-state index in [1.807, 2.05) is 80.6 Å². The number of fused-ring (bicyclic) bond motifs is 2. The SMILES string of the molecule is CC(C)CC(C(=O)NNS(=O)(=O)c1ccc(F)cc1)N1C(=O)c2ccccc2C1c1c(-c2ccccc2)[nH]c2ccccc12. The summed E-state index contributed by atoms with van der Waals surface area (Å²) in [6.07, 6.45) is 0.267. The number of nitrogens with zero attached hydrogens (tertiary/aromatic N) is 1. The Morgan fingerprint density at radius 2 is 1.57 bits per heavy atom. The van der Waals surface area contributed by atoms with Crippen LogP contribution in [0.1, 0.15) is 47.8 Å². The van der Waals surface area contributed by atoms with Crippen molar-refractivity contribution in [2.75, 3.05) is 0 Å². The van der Waals surface area contributed by atoms with Crippen LogP contribution in [0.2, 0.25) is 0 Å². The first kappa shape index (κ1) is 29.3. The van der Waals surface area contributed by atoms with Gasteiger partial charge in [0.25, 0.3) is 21.8 Å². The number of aromatic amines is 1. The van der Waals surface area contributed by atoms with Crippen LogP contribution in [-0.4, -0.2) is 36.2 Å². The van der Waals surface area contributed by atoms with Crippen LogP contribution in [-0.2, 0) is 14.8 Å². The molecule has 0 radical (unpaired) electrons. The van der Waals surface area contributed by atoms with Gasteiger partial charge >= 0.3 is 0 Å². The van der Waals surface area contributed by atoms with Gasteiger partial charge in [-0.15, -0.1) is 4.83 Å². The summed E-state index contributed by atoms with van der Waals surface area (Å²) in [4.78, 5) is 35.2. The fourth-order valence-corrected chi connectivity index (χ4v) is 6.75. The maximum absolute atomic E-state index is 14.2. The number of aromatic nitrogens is 1. The van der Waals surface area contributed by atoms with Gasteiger partial charge in [-0.3, -0.25) is 15.0 Å². The quantitative estimate of drug-likeness (QED) is 0.179. The summed E-state index contributed by atoms with van der Waals surface area (Å²) < 4.78 is 39.2. The van der Waals surface area contributed by atoms with Crippen LogP contribution in [0.3, 0.4) is 0 Å². The third-order valence-corrected chi connectivity index (χ3v) is 9.11. The molecule has 6 rings (SSSR count). The molecule has 1 aromatic heterocycles. The number of hydrogen-bond acceptors (Lipinski definition) is 4. The molecule has 10 heteroatoms. The highest BCUT2D eigenvalue weighted by Gasteiger charge is 2.46. The molecule has 0 saturated heterocycles. The molecule has 2 amide bonds. The summed E-state index contributed by atoms with van der Waals surface area (Å²) in [5.74, 6) is -1.61. The molecule has 0 bridgehead atoms. The van der Waals surface area contributed by atoms with E-state index in [0.29, 0.717) is 5.56 Å². The summed E-state index contributed by atoms with van der Waals surface area (Å²) in [6.45, 7) is 3.87. The van der Waals surface area contributed by atoms with Gasteiger partial charge in [0.2, 0.25) is 0 Å². The lowest BCUT2D eigenvalue weighted by molar-refractivity contribution is -0.127. The molecule has 224 valence electrons. The van der Waals surface area contributed by atoms with Crippen molar-refractivity contribution in [1.29, 1.82) is 0 Å². The molecule has 1 aliphatic rings. The van der Waals surface area contributed by atoms with Gasteiger partial charge in [-0.25, -0.2) is 12.8 Å². The van der Waals surface area contributed by atoms with E-state index in [1.165, 1.54) is 0 Å². The Labute approximate surface area is 254 Å². The minimum atomic E-state index is -4.21. The van der Waals surface area contributed by atoms with E-state index >= 15 is 0 Å². The van der Waals surface area contributed by atoms with Gasteiger partial charge in [0.15, 0.2) is 0 Å². The third kappa shape index (κ3) is 5.38. The number of H-pyrrole nitrogens is 1. The molecule has 0 saturated carbocycles. The lowest BCUT2D eigenvalue weighted by atomic mass is 9.91.